The summed E-state index contributed by atoms with van der Waals surface area (Å²) in [4.78, 5) is 6.27. The van der Waals surface area contributed by atoms with Crippen molar-refractivity contribution in [3.8, 4) is 50.9 Å². The highest BCUT2D eigenvalue weighted by atomic mass is 16.8. The van der Waals surface area contributed by atoms with Crippen molar-refractivity contribution in [1.29, 1.82) is 5.26 Å². The Hall–Kier alpha value is -7.81. The third-order valence-electron chi connectivity index (χ3n) is 13.1. The molecule has 0 aliphatic carbocycles. The topological polar surface area (TPSA) is 74.9 Å². The fourth-order valence-corrected chi connectivity index (χ4v) is 9.80. The second-order valence-electron chi connectivity index (χ2n) is 17.3. The van der Waals surface area contributed by atoms with Gasteiger partial charge in [-0.2, -0.15) is 5.26 Å². The monoisotopic (exact) mass is 839 g/mol. The normalized spacial score (nSPS) is 18.4. The number of ether oxygens (including phenoxy) is 4. The Morgan fingerprint density at radius 3 is 1.38 bits per heavy atom. The largest absolute Gasteiger partial charge is 0.462 e. The Bertz CT molecular complexity index is 3050. The molecule has 4 heterocycles. The molecule has 8 aromatic rings. The summed E-state index contributed by atoms with van der Waals surface area (Å²) in [6.45, 7) is 11.7. The Balaban J connectivity index is 1.09. The predicted octanol–water partition coefficient (Wildman–Crippen LogP) is 8.49. The van der Waals surface area contributed by atoms with E-state index in [1.807, 2.05) is 50.2 Å². The van der Waals surface area contributed by atoms with E-state index in [1.165, 1.54) is 21.9 Å². The van der Waals surface area contributed by atoms with Crippen molar-refractivity contribution in [2.75, 3.05) is 4.90 Å². The smallest absolute Gasteiger partial charge is 0.246 e. The molecule has 7 nitrogen and oxygen atoms in total. The van der Waals surface area contributed by atoms with Gasteiger partial charge in [0.1, 0.15) is 23.7 Å². The van der Waals surface area contributed by atoms with Crippen LogP contribution in [0.4, 0.5) is 22.7 Å². The molecule has 0 saturated carbocycles. The van der Waals surface area contributed by atoms with Gasteiger partial charge in [0.05, 0.1) is 12.6 Å². The maximum absolute atomic E-state index is 10.2. The lowest BCUT2D eigenvalue weighted by molar-refractivity contribution is 0.178. The number of hydrogen-bond acceptors (Lipinski definition) is 6. The molecule has 4 aliphatic heterocycles. The van der Waals surface area contributed by atoms with Gasteiger partial charge in [0.2, 0.25) is 26.0 Å². The molecule has 0 bridgehead atoms. The van der Waals surface area contributed by atoms with E-state index in [-0.39, 0.29) is 38.2 Å². The van der Waals surface area contributed by atoms with Crippen LogP contribution in [0.3, 0.4) is 0 Å². The summed E-state index contributed by atoms with van der Waals surface area (Å²) in [6, 6.07) is 64.2. The van der Waals surface area contributed by atoms with Crippen LogP contribution in [-0.2, 0) is 9.47 Å². The molecular formula is C56H39B2N3O4. The van der Waals surface area contributed by atoms with E-state index in [0.29, 0.717) is 11.3 Å². The molecule has 4 unspecified atom stereocenters. The lowest BCUT2D eigenvalue weighted by atomic mass is 9.30. The molecule has 9 heteroatoms. The second-order valence-corrected chi connectivity index (χ2v) is 17.3. The van der Waals surface area contributed by atoms with E-state index in [1.54, 1.807) is 6.07 Å². The molecule has 4 aliphatic rings. The molecule has 4 atom stereocenters. The first-order chi connectivity index (χ1) is 31.9. The summed E-state index contributed by atoms with van der Waals surface area (Å²) >= 11 is 0. The van der Waals surface area contributed by atoms with Gasteiger partial charge in [-0.25, -0.2) is 4.85 Å². The summed E-state index contributed by atoms with van der Waals surface area (Å²) in [5.41, 5.74) is 17.4. The quantitative estimate of drug-likeness (QED) is 0.0826. The molecule has 2 saturated heterocycles. The number of nitriles is 1. The van der Waals surface area contributed by atoms with Gasteiger partial charge in [-0.15, -0.1) is 0 Å². The van der Waals surface area contributed by atoms with Crippen molar-refractivity contribution in [2.24, 2.45) is 0 Å². The van der Waals surface area contributed by atoms with Crippen molar-refractivity contribution >= 4 is 69.0 Å². The molecule has 0 spiro atoms. The van der Waals surface area contributed by atoms with Crippen LogP contribution >= 0.6 is 0 Å². The van der Waals surface area contributed by atoms with Crippen molar-refractivity contribution in [3.05, 3.63) is 193 Å². The minimum absolute atomic E-state index is 0.104. The van der Waals surface area contributed by atoms with Crippen LogP contribution in [0.5, 0.6) is 11.5 Å². The van der Waals surface area contributed by atoms with Gasteiger partial charge in [-0.3, -0.25) is 0 Å². The zero-order valence-electron chi connectivity index (χ0n) is 35.7. The molecule has 65 heavy (non-hydrogen) atoms. The van der Waals surface area contributed by atoms with Gasteiger partial charge in [0.25, 0.3) is 0 Å². The van der Waals surface area contributed by atoms with Gasteiger partial charge < -0.3 is 23.8 Å². The van der Waals surface area contributed by atoms with Gasteiger partial charge in [-0.1, -0.05) is 132 Å². The third-order valence-corrected chi connectivity index (χ3v) is 13.1. The average Bonchev–Trinajstić information content (AvgIpc) is 4.27. The van der Waals surface area contributed by atoms with Crippen LogP contribution in [0.15, 0.2) is 176 Å². The zero-order valence-corrected chi connectivity index (χ0v) is 35.7. The molecule has 0 radical (unpaired) electrons. The number of rotatable bonds is 9. The molecule has 0 aromatic heterocycles. The van der Waals surface area contributed by atoms with E-state index in [0.717, 1.165) is 72.9 Å². The van der Waals surface area contributed by atoms with Crippen LogP contribution in [0, 0.1) is 17.9 Å². The van der Waals surface area contributed by atoms with E-state index >= 15 is 0 Å². The van der Waals surface area contributed by atoms with E-state index < -0.39 is 0 Å². The molecule has 8 aromatic carbocycles. The minimum Gasteiger partial charge on any atom is -0.462 e. The predicted molar refractivity (Wildman–Crippen MR) is 261 cm³/mol. The van der Waals surface area contributed by atoms with Gasteiger partial charge in [0.15, 0.2) is 5.69 Å². The van der Waals surface area contributed by atoms with Crippen LogP contribution in [-0.4, -0.2) is 38.2 Å². The number of nitrogens with zero attached hydrogens (tertiary/aromatic N) is 3. The summed E-state index contributed by atoms with van der Waals surface area (Å²) in [5.74, 6) is 1.56. The Morgan fingerprint density at radius 1 is 0.523 bits per heavy atom. The number of fused-ring (bicyclic) bond motifs is 4. The minimum atomic E-state index is -0.196. The molecular weight excluding hydrogens is 800 g/mol. The maximum Gasteiger partial charge on any atom is 0.246 e. The fraction of sp³-hybridized carbons (Fsp3) is 0.107. The van der Waals surface area contributed by atoms with E-state index in [4.69, 9.17) is 25.5 Å². The highest BCUT2D eigenvalue weighted by molar-refractivity contribution is 7.02. The highest BCUT2D eigenvalue weighted by Crippen LogP contribution is 2.41. The summed E-state index contributed by atoms with van der Waals surface area (Å²) < 4.78 is 23.1. The zero-order chi connectivity index (χ0) is 43.8. The number of hydrogen-bond donors (Lipinski definition) is 0. The van der Waals surface area contributed by atoms with Crippen molar-refractivity contribution < 1.29 is 18.9 Å². The summed E-state index contributed by atoms with van der Waals surface area (Å²) in [7, 11) is 0. The van der Waals surface area contributed by atoms with Crippen LogP contribution < -0.4 is 47.2 Å². The number of anilines is 3. The Labute approximate surface area is 379 Å². The SMILES string of the molecule is [C-]#[N+]c1cc(C#N)cc(-c2cc3c4c(c2)B(c2ccccc2)c2cc(-c5ccc(OC6OC6C)cc5)ccc2N4c2ccc(-c4ccc(OC5OC5C)cc4)cc2B3c2ccccc2)c1. The molecule has 12 rings (SSSR count). The number of epoxide rings is 2. The van der Waals surface area contributed by atoms with E-state index in [9.17, 15) is 5.26 Å². The molecule has 308 valence electrons. The first kappa shape index (κ1) is 38.8. The van der Waals surface area contributed by atoms with Crippen LogP contribution in [0.2, 0.25) is 0 Å². The van der Waals surface area contributed by atoms with Gasteiger partial charge in [-0.05, 0) is 124 Å². The van der Waals surface area contributed by atoms with Gasteiger partial charge in [0, 0.05) is 22.6 Å². The maximum atomic E-state index is 10.2. The third kappa shape index (κ3) is 6.94. The molecule has 0 amide bonds. The Kier molecular flexibility index (Phi) is 9.24. The summed E-state index contributed by atoms with van der Waals surface area (Å²) in [5, 5.41) is 10.2. The van der Waals surface area contributed by atoms with Crippen molar-refractivity contribution in [1.82, 2.24) is 0 Å². The summed E-state index contributed by atoms with van der Waals surface area (Å²) in [6.07, 6.45) is -0.185. The second kappa shape index (κ2) is 15.5. The van der Waals surface area contributed by atoms with Crippen molar-refractivity contribution in [2.45, 2.75) is 38.6 Å². The van der Waals surface area contributed by atoms with Crippen LogP contribution in [0.25, 0.3) is 38.2 Å². The molecule has 2 fully saturated rings. The number of benzene rings is 8. The lowest BCUT2D eigenvalue weighted by Crippen LogP contribution is -2.65. The fourth-order valence-electron chi connectivity index (χ4n) is 9.80. The van der Waals surface area contributed by atoms with Gasteiger partial charge >= 0.3 is 0 Å². The first-order valence-corrected chi connectivity index (χ1v) is 22.0. The molecule has 0 N–H and O–H groups in total. The van der Waals surface area contributed by atoms with Crippen molar-refractivity contribution in [3.63, 3.8) is 0 Å². The Morgan fingerprint density at radius 2 is 0.954 bits per heavy atom. The van der Waals surface area contributed by atoms with Crippen LogP contribution in [0.1, 0.15) is 19.4 Å². The average molecular weight is 840 g/mol. The first-order valence-electron chi connectivity index (χ1n) is 22.0. The lowest BCUT2D eigenvalue weighted by Gasteiger charge is -2.44. The standard InChI is InChI=1S/C56H39B2N3O4/c1-34-55(62-34)64-46-20-14-37(15-21-46)39-18-24-52-48(29-39)57(43-10-6-4-7-11-43)50-31-42(41-26-36(33-59)27-45(28-41)60-3)32-51-54(50)61(52)53-25-19-40(30-49(53)58(51)44-12-8-5-9-13-44)38-16-22-47(23-17-38)65-56-35(2)63-56/h4-32,34-35,55-56H,1-2H3. The highest BCUT2D eigenvalue weighted by Gasteiger charge is 2.44. The van der Waals surface area contributed by atoms with E-state index in [2.05, 4.69) is 149 Å².